The first-order valence-corrected chi connectivity index (χ1v) is 9.96. The second kappa shape index (κ2) is 9.41. The van der Waals surface area contributed by atoms with Crippen molar-refractivity contribution in [2.45, 2.75) is 26.3 Å². The van der Waals surface area contributed by atoms with Crippen molar-refractivity contribution in [1.29, 1.82) is 0 Å². The van der Waals surface area contributed by atoms with E-state index in [2.05, 4.69) is 15.2 Å². The third-order valence-electron chi connectivity index (χ3n) is 5.23. The maximum atomic E-state index is 12.9. The van der Waals surface area contributed by atoms with Gasteiger partial charge in [0.1, 0.15) is 5.75 Å². The van der Waals surface area contributed by atoms with Crippen molar-refractivity contribution >= 4 is 17.5 Å². The molecule has 1 fully saturated rings. The van der Waals surface area contributed by atoms with Gasteiger partial charge in [-0.05, 0) is 31.5 Å². The zero-order chi connectivity index (χ0) is 20.8. The van der Waals surface area contributed by atoms with Crippen LogP contribution >= 0.6 is 0 Å². The summed E-state index contributed by atoms with van der Waals surface area (Å²) in [6.07, 6.45) is 3.86. The SMILES string of the molecule is CCC(C)NC(=O)c1cncc(C(=O)N2CCN(c3ccccc3OC)CC2)c1. The highest BCUT2D eigenvalue weighted by Gasteiger charge is 2.24. The lowest BCUT2D eigenvalue weighted by molar-refractivity contribution is 0.0746. The number of benzene rings is 1. The minimum absolute atomic E-state index is 0.0740. The molecule has 2 aromatic rings. The molecule has 29 heavy (non-hydrogen) atoms. The lowest BCUT2D eigenvalue weighted by atomic mass is 10.1. The maximum absolute atomic E-state index is 12.9. The molecule has 2 amide bonds. The summed E-state index contributed by atoms with van der Waals surface area (Å²) in [6.45, 7) is 6.58. The summed E-state index contributed by atoms with van der Waals surface area (Å²) >= 11 is 0. The summed E-state index contributed by atoms with van der Waals surface area (Å²) in [7, 11) is 1.66. The smallest absolute Gasteiger partial charge is 0.255 e. The van der Waals surface area contributed by atoms with E-state index in [0.717, 1.165) is 17.9 Å². The molecule has 7 nitrogen and oxygen atoms in total. The van der Waals surface area contributed by atoms with E-state index < -0.39 is 0 Å². The topological polar surface area (TPSA) is 74.8 Å². The van der Waals surface area contributed by atoms with Crippen molar-refractivity contribution < 1.29 is 14.3 Å². The maximum Gasteiger partial charge on any atom is 0.255 e. The predicted molar refractivity (Wildman–Crippen MR) is 113 cm³/mol. The molecule has 0 saturated carbocycles. The molecule has 1 saturated heterocycles. The number of aromatic nitrogens is 1. The number of anilines is 1. The molecule has 154 valence electrons. The van der Waals surface area contributed by atoms with Gasteiger partial charge in [-0.3, -0.25) is 14.6 Å². The summed E-state index contributed by atoms with van der Waals surface area (Å²) in [5.74, 6) is 0.523. The summed E-state index contributed by atoms with van der Waals surface area (Å²) in [5.41, 5.74) is 1.88. The molecule has 1 N–H and O–H groups in total. The van der Waals surface area contributed by atoms with Gasteiger partial charge in [0.15, 0.2) is 0 Å². The summed E-state index contributed by atoms with van der Waals surface area (Å²) in [5, 5.41) is 2.90. The zero-order valence-corrected chi connectivity index (χ0v) is 17.2. The highest BCUT2D eigenvalue weighted by Crippen LogP contribution is 2.28. The fraction of sp³-hybridized carbons (Fsp3) is 0.409. The van der Waals surface area contributed by atoms with Crippen LogP contribution in [0, 0.1) is 0 Å². The van der Waals surface area contributed by atoms with Crippen molar-refractivity contribution in [2.75, 3.05) is 38.2 Å². The molecule has 1 aromatic carbocycles. The molecule has 0 aliphatic carbocycles. The van der Waals surface area contributed by atoms with E-state index in [1.54, 1.807) is 18.1 Å². The van der Waals surface area contributed by atoms with Crippen LogP contribution in [0.2, 0.25) is 0 Å². The number of methoxy groups -OCH3 is 1. The number of hydrogen-bond acceptors (Lipinski definition) is 5. The molecule has 1 unspecified atom stereocenters. The third kappa shape index (κ3) is 4.85. The standard InChI is InChI=1S/C22H28N4O3/c1-4-16(2)24-21(27)17-13-18(15-23-14-17)22(28)26-11-9-25(10-12-26)19-7-5-6-8-20(19)29-3/h5-8,13-16H,4,9-12H2,1-3H3,(H,24,27). The number of ether oxygens (including phenoxy) is 1. The van der Waals surface area contributed by atoms with Crippen LogP contribution in [0.15, 0.2) is 42.7 Å². The van der Waals surface area contributed by atoms with Gasteiger partial charge in [0, 0.05) is 44.6 Å². The van der Waals surface area contributed by atoms with E-state index >= 15 is 0 Å². The van der Waals surface area contributed by atoms with Crippen molar-refractivity contribution in [2.24, 2.45) is 0 Å². The van der Waals surface area contributed by atoms with E-state index in [1.165, 1.54) is 12.4 Å². The molecule has 1 atom stereocenters. The van der Waals surface area contributed by atoms with Crippen molar-refractivity contribution in [3.05, 3.63) is 53.9 Å². The Labute approximate surface area is 171 Å². The van der Waals surface area contributed by atoms with Crippen LogP contribution in [0.3, 0.4) is 0 Å². The Kier molecular flexibility index (Phi) is 6.69. The lowest BCUT2D eigenvalue weighted by Crippen LogP contribution is -2.49. The number of para-hydroxylation sites is 2. The molecular weight excluding hydrogens is 368 g/mol. The number of nitrogens with one attached hydrogen (secondary N) is 1. The van der Waals surface area contributed by atoms with Gasteiger partial charge in [0.25, 0.3) is 11.8 Å². The fourth-order valence-electron chi connectivity index (χ4n) is 3.31. The van der Waals surface area contributed by atoms with Gasteiger partial charge in [0.05, 0.1) is 23.9 Å². The van der Waals surface area contributed by atoms with Crippen LogP contribution in [0.1, 0.15) is 41.0 Å². The van der Waals surface area contributed by atoms with Crippen LogP contribution in [-0.4, -0.2) is 61.0 Å². The molecule has 1 aliphatic heterocycles. The van der Waals surface area contributed by atoms with Gasteiger partial charge in [-0.2, -0.15) is 0 Å². The van der Waals surface area contributed by atoms with Gasteiger partial charge >= 0.3 is 0 Å². The normalized spacial score (nSPS) is 15.0. The van der Waals surface area contributed by atoms with Gasteiger partial charge in [-0.25, -0.2) is 0 Å². The highest BCUT2D eigenvalue weighted by molar-refractivity contribution is 5.99. The van der Waals surface area contributed by atoms with E-state index in [4.69, 9.17) is 4.74 Å². The highest BCUT2D eigenvalue weighted by atomic mass is 16.5. The molecule has 0 radical (unpaired) electrons. The van der Waals surface area contributed by atoms with Crippen molar-refractivity contribution in [3.8, 4) is 5.75 Å². The van der Waals surface area contributed by atoms with E-state index in [0.29, 0.717) is 37.3 Å². The average molecular weight is 396 g/mol. The Morgan fingerprint density at radius 3 is 2.52 bits per heavy atom. The van der Waals surface area contributed by atoms with Gasteiger partial charge in [0.2, 0.25) is 0 Å². The first-order chi connectivity index (χ1) is 14.0. The Morgan fingerprint density at radius 1 is 1.14 bits per heavy atom. The number of rotatable bonds is 6. The zero-order valence-electron chi connectivity index (χ0n) is 17.2. The quantitative estimate of drug-likeness (QED) is 0.812. The van der Waals surface area contributed by atoms with E-state index in [1.807, 2.05) is 38.1 Å². The summed E-state index contributed by atoms with van der Waals surface area (Å²) in [4.78, 5) is 33.4. The minimum atomic E-state index is -0.206. The van der Waals surface area contributed by atoms with Gasteiger partial charge in [-0.1, -0.05) is 19.1 Å². The second-order valence-electron chi connectivity index (χ2n) is 7.20. The Balaban J connectivity index is 1.65. The number of carbonyl (C=O) groups is 2. The predicted octanol–water partition coefficient (Wildman–Crippen LogP) is 2.58. The molecule has 7 heteroatoms. The van der Waals surface area contributed by atoms with Crippen LogP contribution < -0.4 is 15.0 Å². The average Bonchev–Trinajstić information content (AvgIpc) is 2.78. The first kappa shape index (κ1) is 20.6. The molecule has 0 bridgehead atoms. The number of nitrogens with zero attached hydrogens (tertiary/aromatic N) is 3. The van der Waals surface area contributed by atoms with E-state index in [-0.39, 0.29) is 17.9 Å². The third-order valence-corrected chi connectivity index (χ3v) is 5.23. The minimum Gasteiger partial charge on any atom is -0.495 e. The molecule has 0 spiro atoms. The lowest BCUT2D eigenvalue weighted by Gasteiger charge is -2.36. The van der Waals surface area contributed by atoms with Crippen molar-refractivity contribution in [3.63, 3.8) is 0 Å². The number of hydrogen-bond donors (Lipinski definition) is 1. The van der Waals surface area contributed by atoms with Crippen LogP contribution in [0.5, 0.6) is 5.75 Å². The van der Waals surface area contributed by atoms with Crippen LogP contribution in [0.25, 0.3) is 0 Å². The summed E-state index contributed by atoms with van der Waals surface area (Å²) < 4.78 is 5.44. The number of amides is 2. The fourth-order valence-corrected chi connectivity index (χ4v) is 3.31. The molecule has 1 aromatic heterocycles. The van der Waals surface area contributed by atoms with Crippen LogP contribution in [0.4, 0.5) is 5.69 Å². The monoisotopic (exact) mass is 396 g/mol. The Bertz CT molecular complexity index is 863. The van der Waals surface area contributed by atoms with Crippen molar-refractivity contribution in [1.82, 2.24) is 15.2 Å². The van der Waals surface area contributed by atoms with Crippen LogP contribution in [-0.2, 0) is 0 Å². The first-order valence-electron chi connectivity index (χ1n) is 9.96. The molecule has 2 heterocycles. The van der Waals surface area contributed by atoms with Gasteiger partial charge < -0.3 is 19.9 Å². The largest absolute Gasteiger partial charge is 0.495 e. The molecule has 1 aliphatic rings. The molecule has 3 rings (SSSR count). The van der Waals surface area contributed by atoms with Gasteiger partial charge in [-0.15, -0.1) is 0 Å². The Hall–Kier alpha value is -3.09. The molecular formula is C22H28N4O3. The summed E-state index contributed by atoms with van der Waals surface area (Å²) in [6, 6.07) is 9.59. The number of carbonyl (C=O) groups excluding carboxylic acids is 2. The van der Waals surface area contributed by atoms with E-state index in [9.17, 15) is 9.59 Å². The second-order valence-corrected chi connectivity index (χ2v) is 7.20. The number of piperazine rings is 1. The Morgan fingerprint density at radius 2 is 1.83 bits per heavy atom. The number of pyridine rings is 1.